The highest BCUT2D eigenvalue weighted by Crippen LogP contribution is 2.36. The molecule has 2 aliphatic rings. The molecule has 2 amide bonds. The minimum atomic E-state index is -2.27. The summed E-state index contributed by atoms with van der Waals surface area (Å²) in [7, 11) is 1.65. The quantitative estimate of drug-likeness (QED) is 0.161. The van der Waals surface area contributed by atoms with E-state index in [1.165, 1.54) is 0 Å². The largest absolute Gasteiger partial charge is 0.496 e. The van der Waals surface area contributed by atoms with Crippen LogP contribution < -0.4 is 20.3 Å². The van der Waals surface area contributed by atoms with Crippen LogP contribution in [0.15, 0.2) is 12.3 Å². The number of hydrogen-bond acceptors (Lipinski definition) is 10. The zero-order valence-electron chi connectivity index (χ0n) is 27.1. The van der Waals surface area contributed by atoms with Crippen LogP contribution in [0.1, 0.15) is 71.8 Å². The van der Waals surface area contributed by atoms with Gasteiger partial charge in [-0.1, -0.05) is 27.7 Å². The maximum atomic E-state index is 13.7. The van der Waals surface area contributed by atoms with Crippen molar-refractivity contribution < 1.29 is 49.1 Å². The number of amides is 2. The number of piperidine rings is 1. The number of ether oxygens (including phenoxy) is 2. The first-order chi connectivity index (χ1) is 21.2. The number of aliphatic hydroxyl groups excluding tert-OH is 2. The number of carbonyl (C=O) groups is 4. The fourth-order valence-electron chi connectivity index (χ4n) is 5.11. The number of pyridine rings is 1. The number of anilines is 1. The molecular formula is C31H50N4O10. The maximum Gasteiger partial charge on any atom is 0.335 e. The first-order valence-electron chi connectivity index (χ1n) is 15.5. The highest BCUT2D eigenvalue weighted by Gasteiger charge is 2.41. The molecule has 2 unspecified atom stereocenters. The highest BCUT2D eigenvalue weighted by molar-refractivity contribution is 5.96. The van der Waals surface area contributed by atoms with Gasteiger partial charge in [-0.2, -0.15) is 0 Å². The Morgan fingerprint density at radius 2 is 1.64 bits per heavy atom. The van der Waals surface area contributed by atoms with Crippen LogP contribution in [0.25, 0.3) is 0 Å². The van der Waals surface area contributed by atoms with Crippen molar-refractivity contribution >= 4 is 29.6 Å². The molecule has 1 aromatic heterocycles. The van der Waals surface area contributed by atoms with Gasteiger partial charge in [-0.25, -0.2) is 14.6 Å². The van der Waals surface area contributed by atoms with E-state index in [-0.39, 0.29) is 41.7 Å². The van der Waals surface area contributed by atoms with Gasteiger partial charge in [0.1, 0.15) is 11.6 Å². The third-order valence-electron chi connectivity index (χ3n) is 7.62. The molecule has 0 bridgehead atoms. The average Bonchev–Trinajstić information content (AvgIpc) is 3.84. The number of carbonyl (C=O) groups excluding carboxylic acids is 2. The number of aliphatic hydroxyl groups is 2. The molecule has 1 saturated heterocycles. The zero-order valence-corrected chi connectivity index (χ0v) is 27.1. The van der Waals surface area contributed by atoms with E-state index >= 15 is 0 Å². The number of methoxy groups -OCH3 is 1. The summed E-state index contributed by atoms with van der Waals surface area (Å²) in [6.45, 7) is 12.7. The van der Waals surface area contributed by atoms with Crippen molar-refractivity contribution in [1.29, 1.82) is 0 Å². The molecule has 14 nitrogen and oxygen atoms in total. The van der Waals surface area contributed by atoms with E-state index in [0.29, 0.717) is 44.5 Å². The molecule has 45 heavy (non-hydrogen) atoms. The number of carboxylic acids is 2. The number of aromatic nitrogens is 1. The summed E-state index contributed by atoms with van der Waals surface area (Å²) in [5.41, 5.74) is 1.03. The van der Waals surface area contributed by atoms with Crippen LogP contribution in [0.2, 0.25) is 0 Å². The van der Waals surface area contributed by atoms with E-state index in [1.54, 1.807) is 7.11 Å². The Morgan fingerprint density at radius 1 is 1.04 bits per heavy atom. The van der Waals surface area contributed by atoms with Gasteiger partial charge in [0.25, 0.3) is 0 Å². The summed E-state index contributed by atoms with van der Waals surface area (Å²) < 4.78 is 11.2. The Morgan fingerprint density at radius 3 is 2.13 bits per heavy atom. The number of nitrogens with one attached hydrogen (secondary N) is 2. The van der Waals surface area contributed by atoms with Crippen LogP contribution in [0.5, 0.6) is 5.75 Å². The van der Waals surface area contributed by atoms with Gasteiger partial charge in [0.05, 0.1) is 31.6 Å². The average molecular weight is 639 g/mol. The fourth-order valence-corrected chi connectivity index (χ4v) is 5.11. The minimum absolute atomic E-state index is 0.000550. The fraction of sp³-hybridized carbons (Fsp3) is 0.710. The summed E-state index contributed by atoms with van der Waals surface area (Å²) in [6, 6.07) is 2.04. The third-order valence-corrected chi connectivity index (χ3v) is 7.62. The third kappa shape index (κ3) is 11.5. The molecule has 1 saturated carbocycles. The number of nitrogens with zero attached hydrogens (tertiary/aromatic N) is 2. The lowest BCUT2D eigenvalue weighted by Gasteiger charge is -2.33. The van der Waals surface area contributed by atoms with Crippen molar-refractivity contribution in [2.75, 3.05) is 38.3 Å². The van der Waals surface area contributed by atoms with Crippen molar-refractivity contribution in [2.45, 2.75) is 90.5 Å². The maximum absolute atomic E-state index is 13.7. The second-order valence-corrected chi connectivity index (χ2v) is 12.2. The first kappa shape index (κ1) is 37.9. The number of carboxylic acid groups (broad SMARTS) is 2. The molecule has 1 aromatic rings. The van der Waals surface area contributed by atoms with Crippen molar-refractivity contribution in [3.8, 4) is 5.75 Å². The van der Waals surface area contributed by atoms with Gasteiger partial charge in [-0.15, -0.1) is 0 Å². The summed E-state index contributed by atoms with van der Waals surface area (Å²) in [5, 5.41) is 39.0. The normalized spacial score (nSPS) is 20.0. The van der Waals surface area contributed by atoms with Crippen LogP contribution in [0, 0.1) is 17.8 Å². The van der Waals surface area contributed by atoms with Gasteiger partial charge < -0.3 is 40.5 Å². The Labute approximate surface area is 264 Å². The lowest BCUT2D eigenvalue weighted by atomic mass is 9.88. The molecule has 1 aliphatic heterocycles. The molecule has 3 rings (SSSR count). The van der Waals surface area contributed by atoms with Gasteiger partial charge in [0, 0.05) is 43.6 Å². The van der Waals surface area contributed by atoms with Crippen molar-refractivity contribution in [3.63, 3.8) is 0 Å². The van der Waals surface area contributed by atoms with Crippen LogP contribution in [0.4, 0.5) is 5.82 Å². The molecule has 2 heterocycles. The number of rotatable bonds is 15. The second-order valence-electron chi connectivity index (χ2n) is 12.2. The number of hydrogen-bond donors (Lipinski definition) is 6. The lowest BCUT2D eigenvalue weighted by Crippen LogP contribution is -2.51. The minimum Gasteiger partial charge on any atom is -0.496 e. The van der Waals surface area contributed by atoms with Gasteiger partial charge in [0.15, 0.2) is 12.2 Å². The summed E-state index contributed by atoms with van der Waals surface area (Å²) in [6.07, 6.45) is 0.633. The highest BCUT2D eigenvalue weighted by atomic mass is 16.5. The summed E-state index contributed by atoms with van der Waals surface area (Å²) >= 11 is 0. The predicted octanol–water partition coefficient (Wildman–Crippen LogP) is 1.38. The molecule has 6 N–H and O–H groups in total. The molecular weight excluding hydrogens is 588 g/mol. The SMILES string of the molecule is CCOC[C@@H](CC(C)C)NC(=O)[C@@H]1CNC[C@H](C(=O)N(c2cc(OC)c(C(C)C)cn2)C2CC2)C1.O=C(O)C(O)C(O)C(=O)O. The van der Waals surface area contributed by atoms with E-state index in [9.17, 15) is 19.2 Å². The molecule has 254 valence electrons. The van der Waals surface area contributed by atoms with E-state index in [4.69, 9.17) is 29.9 Å². The van der Waals surface area contributed by atoms with Gasteiger partial charge >= 0.3 is 11.9 Å². The Balaban J connectivity index is 0.000000607. The number of aliphatic carboxylic acids is 2. The van der Waals surface area contributed by atoms with Crippen LogP contribution in [-0.2, 0) is 23.9 Å². The standard InChI is InChI=1S/C27H44N4O4.C4H6O6/c1-7-35-16-21(10-17(2)3)30-26(32)19-11-20(14-28-13-19)27(33)31(22-8-9-22)25-12-24(34-6)23(15-29-25)18(4)5;5-1(3(7)8)2(6)4(9)10/h12,15,17-22,28H,7-11,13-14,16H2,1-6H3,(H,30,32);1-2,5-6H,(H,7,8)(H,9,10)/t19-,20+,21+;/m0./s1. The monoisotopic (exact) mass is 638 g/mol. The van der Waals surface area contributed by atoms with Gasteiger partial charge in [-0.3, -0.25) is 14.5 Å². The Hall–Kier alpha value is -3.33. The molecule has 14 heteroatoms. The Bertz CT molecular complexity index is 1130. The van der Waals surface area contributed by atoms with E-state index < -0.39 is 24.1 Å². The predicted molar refractivity (Wildman–Crippen MR) is 165 cm³/mol. The second kappa shape index (κ2) is 18.0. The van der Waals surface area contributed by atoms with Crippen molar-refractivity contribution in [3.05, 3.63) is 17.8 Å². The van der Waals surface area contributed by atoms with Crippen LogP contribution >= 0.6 is 0 Å². The molecule has 0 radical (unpaired) electrons. The van der Waals surface area contributed by atoms with E-state index in [0.717, 1.165) is 30.6 Å². The smallest absolute Gasteiger partial charge is 0.335 e. The van der Waals surface area contributed by atoms with E-state index in [1.807, 2.05) is 24.1 Å². The van der Waals surface area contributed by atoms with Crippen LogP contribution in [-0.4, -0.2) is 107 Å². The van der Waals surface area contributed by atoms with Gasteiger partial charge in [-0.05, 0) is 44.4 Å². The summed E-state index contributed by atoms with van der Waals surface area (Å²) in [5.74, 6) is -1.89. The lowest BCUT2D eigenvalue weighted by molar-refractivity contribution is -0.165. The first-order valence-corrected chi connectivity index (χ1v) is 15.5. The molecule has 5 atom stereocenters. The van der Waals surface area contributed by atoms with E-state index in [2.05, 4.69) is 43.3 Å². The summed E-state index contributed by atoms with van der Waals surface area (Å²) in [4.78, 5) is 52.9. The van der Waals surface area contributed by atoms with Gasteiger partial charge in [0.2, 0.25) is 11.8 Å². The Kier molecular flexibility index (Phi) is 15.1. The van der Waals surface area contributed by atoms with Crippen LogP contribution in [0.3, 0.4) is 0 Å². The van der Waals surface area contributed by atoms with Crippen molar-refractivity contribution in [1.82, 2.24) is 15.6 Å². The zero-order chi connectivity index (χ0) is 33.8. The molecule has 1 aliphatic carbocycles. The van der Waals surface area contributed by atoms with Crippen molar-refractivity contribution in [2.24, 2.45) is 17.8 Å². The topological polar surface area (TPSA) is 208 Å². The molecule has 2 fully saturated rings. The molecule has 0 spiro atoms. The molecule has 0 aromatic carbocycles.